The summed E-state index contributed by atoms with van der Waals surface area (Å²) in [6, 6.07) is 15.4. The zero-order valence-corrected chi connectivity index (χ0v) is 12.1. The second-order valence-electron chi connectivity index (χ2n) is 5.47. The highest BCUT2D eigenvalue weighted by atomic mass is 19.1. The van der Waals surface area contributed by atoms with E-state index in [0.29, 0.717) is 6.04 Å². The van der Waals surface area contributed by atoms with Gasteiger partial charge in [-0.05, 0) is 42.7 Å². The molecule has 2 N–H and O–H groups in total. The van der Waals surface area contributed by atoms with E-state index in [4.69, 9.17) is 0 Å². The van der Waals surface area contributed by atoms with E-state index < -0.39 is 0 Å². The van der Waals surface area contributed by atoms with E-state index in [-0.39, 0.29) is 5.82 Å². The monoisotopic (exact) mass is 282 g/mol. The molecule has 0 aliphatic carbocycles. The molecular weight excluding hydrogens is 263 g/mol. The molecule has 1 aromatic heterocycles. The van der Waals surface area contributed by atoms with E-state index in [2.05, 4.69) is 41.6 Å². The fourth-order valence-electron chi connectivity index (χ4n) is 2.61. The van der Waals surface area contributed by atoms with E-state index in [0.717, 1.165) is 18.5 Å². The number of benzene rings is 2. The van der Waals surface area contributed by atoms with Crippen LogP contribution in [0.3, 0.4) is 0 Å². The molecule has 0 bridgehead atoms. The fourth-order valence-corrected chi connectivity index (χ4v) is 2.61. The lowest BCUT2D eigenvalue weighted by Gasteiger charge is -2.13. The minimum atomic E-state index is -0.182. The Hall–Kier alpha value is -2.13. The first-order valence-corrected chi connectivity index (χ1v) is 7.25. The highest BCUT2D eigenvalue weighted by molar-refractivity contribution is 5.82. The predicted molar refractivity (Wildman–Crippen MR) is 84.7 cm³/mol. The molecule has 0 saturated carbocycles. The van der Waals surface area contributed by atoms with Crippen molar-refractivity contribution in [2.45, 2.75) is 25.9 Å². The summed E-state index contributed by atoms with van der Waals surface area (Å²) in [6.45, 7) is 2.98. The van der Waals surface area contributed by atoms with Crippen LogP contribution < -0.4 is 5.32 Å². The Morgan fingerprint density at radius 3 is 2.67 bits per heavy atom. The molecule has 3 rings (SSSR count). The van der Waals surface area contributed by atoms with Crippen molar-refractivity contribution in [2.75, 3.05) is 0 Å². The van der Waals surface area contributed by atoms with Gasteiger partial charge in [0.1, 0.15) is 5.82 Å². The Morgan fingerprint density at radius 1 is 1.10 bits per heavy atom. The van der Waals surface area contributed by atoms with Crippen molar-refractivity contribution in [3.05, 3.63) is 71.7 Å². The van der Waals surface area contributed by atoms with Crippen molar-refractivity contribution in [1.82, 2.24) is 10.3 Å². The number of H-pyrrole nitrogens is 1. The van der Waals surface area contributed by atoms with Crippen molar-refractivity contribution in [2.24, 2.45) is 0 Å². The standard InChI is InChI=1S/C18H19FN2/c1-13(10-14-6-8-16(19)9-7-14)20-11-15-12-21-18-5-3-2-4-17(15)18/h2-9,12-13,20-21H,10-11H2,1H3. The lowest BCUT2D eigenvalue weighted by atomic mass is 10.1. The highest BCUT2D eigenvalue weighted by Crippen LogP contribution is 2.17. The number of fused-ring (bicyclic) bond motifs is 1. The molecule has 0 amide bonds. The average Bonchev–Trinajstić information content (AvgIpc) is 2.91. The predicted octanol–water partition coefficient (Wildman–Crippen LogP) is 4.03. The number of nitrogens with one attached hydrogen (secondary N) is 2. The van der Waals surface area contributed by atoms with Crippen molar-refractivity contribution in [1.29, 1.82) is 0 Å². The van der Waals surface area contributed by atoms with E-state index in [1.807, 2.05) is 18.2 Å². The van der Waals surface area contributed by atoms with Gasteiger partial charge in [-0.1, -0.05) is 30.3 Å². The summed E-state index contributed by atoms with van der Waals surface area (Å²) in [6.07, 6.45) is 2.95. The summed E-state index contributed by atoms with van der Waals surface area (Å²) in [5.74, 6) is -0.182. The largest absolute Gasteiger partial charge is 0.361 e. The number of halogens is 1. The van der Waals surface area contributed by atoms with Crippen LogP contribution in [-0.2, 0) is 13.0 Å². The second kappa shape index (κ2) is 6.10. The number of hydrogen-bond acceptors (Lipinski definition) is 1. The van der Waals surface area contributed by atoms with Gasteiger partial charge in [-0.25, -0.2) is 4.39 Å². The molecule has 2 nitrogen and oxygen atoms in total. The third kappa shape index (κ3) is 3.31. The number of aromatic nitrogens is 1. The first-order chi connectivity index (χ1) is 10.2. The van der Waals surface area contributed by atoms with Crippen LogP contribution in [0.5, 0.6) is 0 Å². The molecule has 2 aromatic carbocycles. The van der Waals surface area contributed by atoms with Crippen LogP contribution in [-0.4, -0.2) is 11.0 Å². The van der Waals surface area contributed by atoms with Gasteiger partial charge in [-0.2, -0.15) is 0 Å². The molecule has 108 valence electrons. The van der Waals surface area contributed by atoms with Crippen LogP contribution in [0.4, 0.5) is 4.39 Å². The third-order valence-electron chi connectivity index (χ3n) is 3.77. The van der Waals surface area contributed by atoms with Crippen molar-refractivity contribution in [3.8, 4) is 0 Å². The Kier molecular flexibility index (Phi) is 4.02. The lowest BCUT2D eigenvalue weighted by Crippen LogP contribution is -2.27. The molecule has 3 heteroatoms. The number of aromatic amines is 1. The Morgan fingerprint density at radius 2 is 1.86 bits per heavy atom. The molecule has 1 atom stereocenters. The molecule has 0 spiro atoms. The molecular formula is C18H19FN2. The summed E-state index contributed by atoms with van der Waals surface area (Å²) >= 11 is 0. The van der Waals surface area contributed by atoms with Crippen LogP contribution in [0.2, 0.25) is 0 Å². The topological polar surface area (TPSA) is 27.8 Å². The normalized spacial score (nSPS) is 12.7. The maximum Gasteiger partial charge on any atom is 0.123 e. The van der Waals surface area contributed by atoms with E-state index in [9.17, 15) is 4.39 Å². The van der Waals surface area contributed by atoms with Crippen LogP contribution >= 0.6 is 0 Å². The molecule has 0 aliphatic rings. The van der Waals surface area contributed by atoms with Crippen LogP contribution in [0.15, 0.2) is 54.7 Å². The Bertz CT molecular complexity index is 715. The van der Waals surface area contributed by atoms with Crippen molar-refractivity contribution in [3.63, 3.8) is 0 Å². The summed E-state index contributed by atoms with van der Waals surface area (Å²) in [7, 11) is 0. The first-order valence-electron chi connectivity index (χ1n) is 7.25. The fraction of sp³-hybridized carbons (Fsp3) is 0.222. The van der Waals surface area contributed by atoms with E-state index >= 15 is 0 Å². The zero-order valence-electron chi connectivity index (χ0n) is 12.1. The summed E-state index contributed by atoms with van der Waals surface area (Å²) in [4.78, 5) is 3.29. The lowest BCUT2D eigenvalue weighted by molar-refractivity contribution is 0.546. The number of para-hydroxylation sites is 1. The molecule has 0 aliphatic heterocycles. The van der Waals surface area contributed by atoms with Gasteiger partial charge in [0.05, 0.1) is 0 Å². The van der Waals surface area contributed by atoms with E-state index in [1.54, 1.807) is 0 Å². The second-order valence-corrected chi connectivity index (χ2v) is 5.47. The molecule has 1 heterocycles. The Labute approximate surface area is 124 Å². The van der Waals surface area contributed by atoms with Gasteiger partial charge in [0.2, 0.25) is 0 Å². The molecule has 0 fully saturated rings. The van der Waals surface area contributed by atoms with Crippen LogP contribution in [0.1, 0.15) is 18.1 Å². The minimum absolute atomic E-state index is 0.182. The maximum absolute atomic E-state index is 12.9. The van der Waals surface area contributed by atoms with Crippen LogP contribution in [0, 0.1) is 5.82 Å². The number of hydrogen-bond donors (Lipinski definition) is 2. The smallest absolute Gasteiger partial charge is 0.123 e. The zero-order chi connectivity index (χ0) is 14.7. The molecule has 0 saturated heterocycles. The average molecular weight is 282 g/mol. The van der Waals surface area contributed by atoms with Gasteiger partial charge in [0.15, 0.2) is 0 Å². The molecule has 0 radical (unpaired) electrons. The van der Waals surface area contributed by atoms with Crippen molar-refractivity contribution < 1.29 is 4.39 Å². The van der Waals surface area contributed by atoms with Gasteiger partial charge in [0, 0.05) is 29.7 Å². The first kappa shape index (κ1) is 13.8. The van der Waals surface area contributed by atoms with Gasteiger partial charge in [0.25, 0.3) is 0 Å². The summed E-state index contributed by atoms with van der Waals surface area (Å²) in [5, 5.41) is 4.79. The summed E-state index contributed by atoms with van der Waals surface area (Å²) < 4.78 is 12.9. The minimum Gasteiger partial charge on any atom is -0.361 e. The molecule has 1 unspecified atom stereocenters. The highest BCUT2D eigenvalue weighted by Gasteiger charge is 2.06. The van der Waals surface area contributed by atoms with E-state index in [1.165, 1.54) is 28.6 Å². The van der Waals surface area contributed by atoms with Crippen LogP contribution in [0.25, 0.3) is 10.9 Å². The van der Waals surface area contributed by atoms with Gasteiger partial charge in [-0.15, -0.1) is 0 Å². The number of rotatable bonds is 5. The Balaban J connectivity index is 1.60. The molecule has 21 heavy (non-hydrogen) atoms. The van der Waals surface area contributed by atoms with Gasteiger partial charge >= 0.3 is 0 Å². The van der Waals surface area contributed by atoms with Gasteiger partial charge in [-0.3, -0.25) is 0 Å². The SMILES string of the molecule is CC(Cc1ccc(F)cc1)NCc1c[nH]c2ccccc12. The quantitative estimate of drug-likeness (QED) is 0.726. The molecule has 3 aromatic rings. The van der Waals surface area contributed by atoms with Crippen molar-refractivity contribution >= 4 is 10.9 Å². The third-order valence-corrected chi connectivity index (χ3v) is 3.77. The maximum atomic E-state index is 12.9. The summed E-state index contributed by atoms with van der Waals surface area (Å²) in [5.41, 5.74) is 3.59. The van der Waals surface area contributed by atoms with Gasteiger partial charge < -0.3 is 10.3 Å².